The van der Waals surface area contributed by atoms with E-state index in [1.807, 2.05) is 0 Å². The molecule has 0 aliphatic heterocycles. The van der Waals surface area contributed by atoms with Crippen molar-refractivity contribution in [3.63, 3.8) is 0 Å². The Kier molecular flexibility index (Phi) is 13.1. The fourth-order valence-corrected chi connectivity index (χ4v) is 16.3. The van der Waals surface area contributed by atoms with Crippen molar-refractivity contribution in [1.82, 2.24) is 0 Å². The second-order valence-corrected chi connectivity index (χ2v) is 23.9. The molecule has 6 rings (SSSR count). The van der Waals surface area contributed by atoms with E-state index in [-0.39, 0.29) is 41.1 Å². The molecule has 0 spiro atoms. The van der Waals surface area contributed by atoms with Crippen LogP contribution < -0.4 is 28.1 Å². The Bertz CT molecular complexity index is 1940. The van der Waals surface area contributed by atoms with Gasteiger partial charge in [-0.05, 0) is 0 Å². The average molecular weight is 838 g/mol. The summed E-state index contributed by atoms with van der Waals surface area (Å²) in [6.07, 6.45) is 8.58. The van der Waals surface area contributed by atoms with Crippen molar-refractivity contribution < 1.29 is 46.1 Å². The van der Waals surface area contributed by atoms with Crippen molar-refractivity contribution in [2.45, 2.75) is 99.3 Å². The summed E-state index contributed by atoms with van der Waals surface area (Å²) in [7, 11) is 0. The molecule has 0 heterocycles. The normalized spacial score (nSPS) is 15.1. The number of rotatable bonds is 6. The molecule has 4 aromatic carbocycles. The molecule has 0 fully saturated rings. The van der Waals surface area contributed by atoms with Crippen molar-refractivity contribution in [3.8, 4) is 11.1 Å². The summed E-state index contributed by atoms with van der Waals surface area (Å²) in [5.74, 6) is 0.438. The summed E-state index contributed by atoms with van der Waals surface area (Å²) in [6, 6.07) is 29.8. The van der Waals surface area contributed by atoms with Crippen LogP contribution in [0.15, 0.2) is 99.9 Å². The minimum atomic E-state index is -3.02. The first-order valence-corrected chi connectivity index (χ1v) is 22.4. The van der Waals surface area contributed by atoms with Gasteiger partial charge >= 0.3 is 316 Å². The van der Waals surface area contributed by atoms with E-state index in [4.69, 9.17) is 23.2 Å². The third-order valence-corrected chi connectivity index (χ3v) is 18.6. The Balaban J connectivity index is 0.00000292. The van der Waals surface area contributed by atoms with E-state index < -0.39 is 21.3 Å². The van der Waals surface area contributed by atoms with Crippen molar-refractivity contribution in [3.05, 3.63) is 143 Å². The van der Waals surface area contributed by atoms with Gasteiger partial charge in [0.25, 0.3) is 0 Å². The molecule has 0 bridgehead atoms. The third kappa shape index (κ3) is 8.82. The molecule has 4 aromatic rings. The van der Waals surface area contributed by atoms with E-state index in [9.17, 15) is 0 Å². The maximum atomic E-state index is 6.55. The second kappa shape index (κ2) is 15.9. The first kappa shape index (κ1) is 42.0. The first-order chi connectivity index (χ1) is 23.0. The number of hydrogen-bond acceptors (Lipinski definition) is 0. The van der Waals surface area contributed by atoms with E-state index in [2.05, 4.69) is 160 Å². The summed E-state index contributed by atoms with van der Waals surface area (Å²) in [5.41, 5.74) is 12.9. The number of halogens is 4. The van der Waals surface area contributed by atoms with Crippen LogP contribution in [0.4, 0.5) is 0 Å². The molecule has 2 aliphatic carbocycles. The van der Waals surface area contributed by atoms with Crippen molar-refractivity contribution in [2.75, 3.05) is 0 Å². The topological polar surface area (TPSA) is 0 Å². The predicted octanol–water partition coefficient (Wildman–Crippen LogP) is 6.97. The van der Waals surface area contributed by atoms with Crippen LogP contribution in [0.3, 0.4) is 0 Å². The molecule has 1 atom stereocenters. The van der Waals surface area contributed by atoms with E-state index >= 15 is 0 Å². The second-order valence-electron chi connectivity index (χ2n) is 17.2. The Morgan fingerprint density at radius 1 is 0.667 bits per heavy atom. The van der Waals surface area contributed by atoms with Gasteiger partial charge < -0.3 is 24.8 Å². The van der Waals surface area contributed by atoms with Crippen LogP contribution in [0.1, 0.15) is 115 Å². The molecule has 0 saturated carbocycles. The van der Waals surface area contributed by atoms with Gasteiger partial charge in [-0.15, -0.1) is 0 Å². The largest absolute Gasteiger partial charge is 1.00 e. The zero-order chi connectivity index (χ0) is 35.5. The van der Waals surface area contributed by atoms with Crippen LogP contribution in [0.5, 0.6) is 0 Å². The molecule has 0 saturated heterocycles. The fourth-order valence-electron chi connectivity index (χ4n) is 7.42. The third-order valence-electron chi connectivity index (χ3n) is 10.4. The molecule has 1 unspecified atom stereocenters. The number of benzene rings is 4. The monoisotopic (exact) mass is 834 g/mol. The molecule has 0 aromatic heterocycles. The molecule has 51 heavy (non-hydrogen) atoms. The van der Waals surface area contributed by atoms with E-state index in [0.29, 0.717) is 5.92 Å². The minimum absolute atomic E-state index is 0. The summed E-state index contributed by atoms with van der Waals surface area (Å²) < 4.78 is 4.81. The fraction of sp³-hybridized carbons (Fsp3) is 0.370. The van der Waals surface area contributed by atoms with E-state index in [0.717, 1.165) is 22.9 Å². The van der Waals surface area contributed by atoms with Crippen LogP contribution in [0.2, 0.25) is 10.0 Å². The predicted molar refractivity (Wildman–Crippen MR) is 212 cm³/mol. The standard InChI is InChI=1S/C21H25.C13H8Cl2.C12H19.2ClH.Zr/c1-20(2,3)16-9-7-14-11-15-8-10-17(21(4,5)6)13-19(15)18(14)12-16;14-12-5-1-10(2-6-12)9-11-3-7-13(15)8-4-11;1-5-6-10-7-8-11(9-10)12(2,3)4;;;/h7,9-10,12-13H,11H2,1-6H3;1-8H;8-10H,5-6H2,1-4H3;2*1H;/q;;;;;+2/p-2. The summed E-state index contributed by atoms with van der Waals surface area (Å²) in [5, 5.41) is 1.54. The Morgan fingerprint density at radius 3 is 1.69 bits per heavy atom. The SMILES string of the molecule is CCCC1C=C(C(C)(C)C)C=[C]1[Zr+2](=[C](c1ccc(Cl)cc1)c1ccc(Cl)cc1)[c]1cc(C(C)(C)C)cc2c1Cc1ccc(C(C)(C)C)cc1-2.[Cl-].[Cl-]. The van der Waals surface area contributed by atoms with E-state index in [1.165, 1.54) is 54.1 Å². The zero-order valence-electron chi connectivity index (χ0n) is 31.9. The molecule has 0 radical (unpaired) electrons. The number of hydrogen-bond donors (Lipinski definition) is 0. The van der Waals surface area contributed by atoms with Crippen molar-refractivity contribution >= 4 is 29.7 Å². The molecular weight excluding hydrogens is 786 g/mol. The van der Waals surface area contributed by atoms with E-state index in [1.54, 1.807) is 12.1 Å². The van der Waals surface area contributed by atoms with Crippen molar-refractivity contribution in [1.29, 1.82) is 0 Å². The molecule has 0 amide bonds. The summed E-state index contributed by atoms with van der Waals surface area (Å²) in [4.78, 5) is 0. The zero-order valence-corrected chi connectivity index (χ0v) is 37.4. The van der Waals surface area contributed by atoms with Gasteiger partial charge in [-0.1, -0.05) is 0 Å². The molecule has 0 nitrogen and oxygen atoms in total. The van der Waals surface area contributed by atoms with Gasteiger partial charge in [0, 0.05) is 0 Å². The van der Waals surface area contributed by atoms with Crippen LogP contribution in [0, 0.1) is 11.3 Å². The Hall–Kier alpha value is -1.73. The van der Waals surface area contributed by atoms with Gasteiger partial charge in [-0.2, -0.15) is 0 Å². The summed E-state index contributed by atoms with van der Waals surface area (Å²) >= 11 is 10.1. The molecule has 2 aliphatic rings. The van der Waals surface area contributed by atoms with Gasteiger partial charge in [0.1, 0.15) is 0 Å². The minimum Gasteiger partial charge on any atom is -1.00 e. The van der Waals surface area contributed by atoms with Gasteiger partial charge in [-0.25, -0.2) is 0 Å². The average Bonchev–Trinajstić information content (AvgIpc) is 3.61. The molecule has 5 heteroatoms. The van der Waals surface area contributed by atoms with Crippen LogP contribution >= 0.6 is 23.2 Å². The number of allylic oxidation sites excluding steroid dienone is 4. The van der Waals surface area contributed by atoms with Gasteiger partial charge in [0.2, 0.25) is 0 Å². The maximum absolute atomic E-state index is 6.55. The Labute approximate surface area is 338 Å². The van der Waals surface area contributed by atoms with Gasteiger partial charge in [-0.3, -0.25) is 0 Å². The Morgan fingerprint density at radius 2 is 1.20 bits per heavy atom. The van der Waals surface area contributed by atoms with Gasteiger partial charge in [0.05, 0.1) is 0 Å². The van der Waals surface area contributed by atoms with Crippen LogP contribution in [0.25, 0.3) is 11.1 Å². The van der Waals surface area contributed by atoms with Crippen LogP contribution in [-0.4, -0.2) is 3.21 Å². The van der Waals surface area contributed by atoms with Crippen LogP contribution in [-0.2, 0) is 38.5 Å². The smallest absolute Gasteiger partial charge is 1.00 e. The quantitative estimate of drug-likeness (QED) is 0.174. The maximum Gasteiger partial charge on any atom is -1.00 e. The number of fused-ring (bicyclic) bond motifs is 3. The van der Waals surface area contributed by atoms with Gasteiger partial charge in [0.15, 0.2) is 0 Å². The first-order valence-electron chi connectivity index (χ1n) is 18.0. The van der Waals surface area contributed by atoms with Crippen molar-refractivity contribution in [2.24, 2.45) is 11.3 Å². The molecule has 268 valence electrons. The molecular formula is C46H52Cl4Zr. The summed E-state index contributed by atoms with van der Waals surface area (Å²) in [6.45, 7) is 23.6. The molecule has 0 N–H and O–H groups in total.